The van der Waals surface area contributed by atoms with E-state index in [2.05, 4.69) is 0 Å². The number of carbonyl (C=O) groups excluding carboxylic acids is 1. The van der Waals surface area contributed by atoms with Gasteiger partial charge < -0.3 is 9.84 Å². The number of hydrogen-bond donors (Lipinski definition) is 1. The second kappa shape index (κ2) is 5.24. The van der Waals surface area contributed by atoms with Crippen molar-refractivity contribution in [1.82, 2.24) is 0 Å². The molecule has 0 amide bonds. The topological polar surface area (TPSA) is 46.5 Å². The Morgan fingerprint density at radius 1 is 1.44 bits per heavy atom. The zero-order valence-electron chi connectivity index (χ0n) is 9.38. The molecule has 2 atom stereocenters. The van der Waals surface area contributed by atoms with Gasteiger partial charge >= 0.3 is 5.97 Å². The fraction of sp³-hybridized carbons (Fsp3) is 0.417. The number of alkyl halides is 2. The first-order valence-corrected chi connectivity index (χ1v) is 6.46. The minimum absolute atomic E-state index is 0.0411. The van der Waals surface area contributed by atoms with E-state index in [-0.39, 0.29) is 5.75 Å². The molecule has 1 aromatic carbocycles. The van der Waals surface area contributed by atoms with Gasteiger partial charge in [0, 0.05) is 5.75 Å². The summed E-state index contributed by atoms with van der Waals surface area (Å²) in [5.41, 5.74) is 0.323. The van der Waals surface area contributed by atoms with E-state index in [1.54, 1.807) is 30.3 Å². The molecule has 1 N–H and O–H groups in total. The Hall–Kier alpha value is -1.14. The molecule has 0 aromatic heterocycles. The van der Waals surface area contributed by atoms with E-state index >= 15 is 0 Å². The lowest BCUT2D eigenvalue weighted by atomic mass is 10.1. The van der Waals surface area contributed by atoms with E-state index < -0.39 is 29.9 Å². The van der Waals surface area contributed by atoms with Gasteiger partial charge in [-0.2, -0.15) is 0 Å². The lowest BCUT2D eigenvalue weighted by Gasteiger charge is -2.20. The summed E-state index contributed by atoms with van der Waals surface area (Å²) in [4.78, 5) is 11.6. The molecule has 0 aliphatic carbocycles. The predicted octanol–water partition coefficient (Wildman–Crippen LogP) is 1.95. The second-order valence-corrected chi connectivity index (χ2v) is 5.21. The van der Waals surface area contributed by atoms with Crippen LogP contribution in [0.2, 0.25) is 0 Å². The molecule has 1 aromatic rings. The Balaban J connectivity index is 1.91. The van der Waals surface area contributed by atoms with E-state index in [1.165, 1.54) is 0 Å². The maximum Gasteiger partial charge on any atom is 0.338 e. The van der Waals surface area contributed by atoms with Crippen LogP contribution in [0.3, 0.4) is 0 Å². The van der Waals surface area contributed by atoms with Gasteiger partial charge in [-0.05, 0) is 12.1 Å². The van der Waals surface area contributed by atoms with E-state index in [0.717, 1.165) is 11.8 Å². The highest BCUT2D eigenvalue weighted by Crippen LogP contribution is 2.40. The van der Waals surface area contributed by atoms with Crippen LogP contribution < -0.4 is 0 Å². The van der Waals surface area contributed by atoms with Crippen LogP contribution in [-0.4, -0.2) is 40.7 Å². The largest absolute Gasteiger partial charge is 0.461 e. The Morgan fingerprint density at radius 2 is 2.11 bits per heavy atom. The van der Waals surface area contributed by atoms with Crippen LogP contribution in [0.5, 0.6) is 0 Å². The van der Waals surface area contributed by atoms with Gasteiger partial charge in [-0.3, -0.25) is 0 Å². The Morgan fingerprint density at radius 3 is 2.67 bits per heavy atom. The lowest BCUT2D eigenvalue weighted by Crippen LogP contribution is -2.39. The fourth-order valence-electron chi connectivity index (χ4n) is 1.61. The summed E-state index contributed by atoms with van der Waals surface area (Å²) in [6, 6.07) is 8.18. The molecule has 1 aliphatic heterocycles. The summed E-state index contributed by atoms with van der Waals surface area (Å²) in [7, 11) is 0. The van der Waals surface area contributed by atoms with Gasteiger partial charge in [-0.25, -0.2) is 13.6 Å². The third kappa shape index (κ3) is 2.64. The van der Waals surface area contributed by atoms with Crippen molar-refractivity contribution in [2.75, 3.05) is 12.4 Å². The summed E-state index contributed by atoms with van der Waals surface area (Å²) < 4.78 is 31.6. The molecule has 0 saturated carbocycles. The zero-order chi connectivity index (χ0) is 13.2. The van der Waals surface area contributed by atoms with Gasteiger partial charge in [-0.1, -0.05) is 18.2 Å². The SMILES string of the molecule is O=C(OC[C@@H]1SC[C@@H](O)C1(F)F)c1ccccc1. The summed E-state index contributed by atoms with van der Waals surface area (Å²) >= 11 is 0.917. The number of halogens is 2. The van der Waals surface area contributed by atoms with Crippen molar-refractivity contribution in [2.24, 2.45) is 0 Å². The first-order chi connectivity index (χ1) is 8.51. The maximum absolute atomic E-state index is 13.4. The van der Waals surface area contributed by atoms with E-state index in [1.807, 2.05) is 0 Å². The molecule has 6 heteroatoms. The molecule has 1 heterocycles. The number of ether oxygens (including phenoxy) is 1. The van der Waals surface area contributed by atoms with Gasteiger partial charge in [0.05, 0.1) is 5.56 Å². The van der Waals surface area contributed by atoms with Crippen molar-refractivity contribution in [3.63, 3.8) is 0 Å². The molecule has 1 aliphatic rings. The Labute approximate surface area is 107 Å². The van der Waals surface area contributed by atoms with Gasteiger partial charge in [0.1, 0.15) is 18.0 Å². The minimum atomic E-state index is -3.21. The van der Waals surface area contributed by atoms with Crippen LogP contribution in [-0.2, 0) is 4.74 Å². The van der Waals surface area contributed by atoms with Gasteiger partial charge in [0.15, 0.2) is 0 Å². The zero-order valence-corrected chi connectivity index (χ0v) is 10.2. The van der Waals surface area contributed by atoms with E-state index in [0.29, 0.717) is 5.56 Å². The van der Waals surface area contributed by atoms with Crippen molar-refractivity contribution in [1.29, 1.82) is 0 Å². The number of esters is 1. The van der Waals surface area contributed by atoms with Crippen LogP contribution in [0.4, 0.5) is 8.78 Å². The molecule has 2 rings (SSSR count). The second-order valence-electron chi connectivity index (χ2n) is 3.98. The number of hydrogen-bond acceptors (Lipinski definition) is 4. The minimum Gasteiger partial charge on any atom is -0.461 e. The lowest BCUT2D eigenvalue weighted by molar-refractivity contribution is -0.0965. The van der Waals surface area contributed by atoms with E-state index in [4.69, 9.17) is 9.84 Å². The van der Waals surface area contributed by atoms with Crippen molar-refractivity contribution >= 4 is 17.7 Å². The smallest absolute Gasteiger partial charge is 0.338 e. The molecule has 0 radical (unpaired) electrons. The molecule has 1 saturated heterocycles. The molecular weight excluding hydrogens is 262 g/mol. The third-order valence-electron chi connectivity index (χ3n) is 2.70. The van der Waals surface area contributed by atoms with Crippen molar-refractivity contribution in [2.45, 2.75) is 17.3 Å². The van der Waals surface area contributed by atoms with Crippen LogP contribution in [0, 0.1) is 0 Å². The number of aliphatic hydroxyl groups is 1. The molecule has 18 heavy (non-hydrogen) atoms. The molecule has 1 fully saturated rings. The van der Waals surface area contributed by atoms with Gasteiger partial charge in [0.25, 0.3) is 5.92 Å². The van der Waals surface area contributed by atoms with E-state index in [9.17, 15) is 13.6 Å². The normalized spacial score (nSPS) is 25.9. The molecule has 0 spiro atoms. The molecule has 98 valence electrons. The highest BCUT2D eigenvalue weighted by atomic mass is 32.2. The van der Waals surface area contributed by atoms with Crippen LogP contribution in [0.25, 0.3) is 0 Å². The summed E-state index contributed by atoms with van der Waals surface area (Å²) in [5.74, 6) is -3.88. The summed E-state index contributed by atoms with van der Waals surface area (Å²) in [6.07, 6.45) is -1.66. The number of carbonyl (C=O) groups is 1. The Bertz CT molecular complexity index is 425. The van der Waals surface area contributed by atoms with Gasteiger partial charge in [0.2, 0.25) is 0 Å². The number of rotatable bonds is 3. The van der Waals surface area contributed by atoms with Crippen molar-refractivity contribution < 1.29 is 23.4 Å². The Kier molecular flexibility index (Phi) is 3.87. The number of thioether (sulfide) groups is 1. The fourth-order valence-corrected chi connectivity index (χ4v) is 2.79. The average Bonchev–Trinajstić information content (AvgIpc) is 2.63. The van der Waals surface area contributed by atoms with Crippen LogP contribution in [0.15, 0.2) is 30.3 Å². The summed E-state index contributed by atoms with van der Waals surface area (Å²) in [6.45, 7) is -0.400. The van der Waals surface area contributed by atoms with Gasteiger partial charge in [-0.15, -0.1) is 11.8 Å². The molecular formula is C12H12F2O3S. The predicted molar refractivity (Wildman–Crippen MR) is 63.9 cm³/mol. The standard InChI is InChI=1S/C12H12F2O3S/c13-12(14)9(15)7-18-10(12)6-17-11(16)8-4-2-1-3-5-8/h1-5,9-10,15H,6-7H2/t9-,10+/m1/s1. The highest BCUT2D eigenvalue weighted by Gasteiger charge is 2.52. The monoisotopic (exact) mass is 274 g/mol. The first-order valence-electron chi connectivity index (χ1n) is 5.41. The third-order valence-corrected chi connectivity index (χ3v) is 4.07. The first kappa shape index (κ1) is 13.3. The molecule has 0 unspecified atom stereocenters. The maximum atomic E-state index is 13.4. The summed E-state index contributed by atoms with van der Waals surface area (Å²) in [5, 5.41) is 7.92. The van der Waals surface area contributed by atoms with Crippen LogP contribution >= 0.6 is 11.8 Å². The number of benzene rings is 1. The molecule has 3 nitrogen and oxygen atoms in total. The van der Waals surface area contributed by atoms with Crippen molar-refractivity contribution in [3.05, 3.63) is 35.9 Å². The van der Waals surface area contributed by atoms with Crippen LogP contribution in [0.1, 0.15) is 10.4 Å². The number of aliphatic hydroxyl groups excluding tert-OH is 1. The van der Waals surface area contributed by atoms with Crippen molar-refractivity contribution in [3.8, 4) is 0 Å². The quantitative estimate of drug-likeness (QED) is 0.856. The average molecular weight is 274 g/mol. The molecule has 0 bridgehead atoms. The highest BCUT2D eigenvalue weighted by molar-refractivity contribution is 8.00.